The minimum Gasteiger partial charge on any atom is -0.279 e. The summed E-state index contributed by atoms with van der Waals surface area (Å²) in [6, 6.07) is 7.25. The Kier molecular flexibility index (Phi) is 3.74. The lowest BCUT2D eigenvalue weighted by atomic mass is 10.2. The average Bonchev–Trinajstić information content (AvgIpc) is 2.71. The first-order valence-electron chi connectivity index (χ1n) is 4.93. The molecule has 0 aliphatic rings. The molecule has 1 aromatic heterocycles. The summed E-state index contributed by atoms with van der Waals surface area (Å²) < 4.78 is 40.4. The van der Waals surface area contributed by atoms with Crippen molar-refractivity contribution in [2.75, 3.05) is 4.72 Å². The van der Waals surface area contributed by atoms with Gasteiger partial charge in [-0.3, -0.25) is 4.72 Å². The lowest BCUT2D eigenvalue weighted by molar-refractivity contribution is 0.602. The van der Waals surface area contributed by atoms with E-state index in [0.29, 0.717) is 11.3 Å². The van der Waals surface area contributed by atoms with Gasteiger partial charge in [0.2, 0.25) is 0 Å². The Labute approximate surface area is 117 Å². The van der Waals surface area contributed by atoms with Crippen molar-refractivity contribution in [2.24, 2.45) is 0 Å². The van der Waals surface area contributed by atoms with Crippen LogP contribution in [0.15, 0.2) is 38.3 Å². The zero-order valence-electron chi connectivity index (χ0n) is 9.28. The molecule has 0 spiro atoms. The van der Waals surface area contributed by atoms with Gasteiger partial charge in [-0.25, -0.2) is 12.8 Å². The molecule has 96 valence electrons. The fourth-order valence-electron chi connectivity index (χ4n) is 1.36. The predicted octanol–water partition coefficient (Wildman–Crippen LogP) is 3.76. The maximum absolute atomic E-state index is 13.1. The van der Waals surface area contributed by atoms with Gasteiger partial charge < -0.3 is 0 Å². The van der Waals surface area contributed by atoms with Gasteiger partial charge in [0.25, 0.3) is 10.0 Å². The van der Waals surface area contributed by atoms with Crippen LogP contribution in [-0.2, 0) is 10.0 Å². The van der Waals surface area contributed by atoms with Crippen LogP contribution in [0.3, 0.4) is 0 Å². The van der Waals surface area contributed by atoms with Crippen LogP contribution < -0.4 is 4.72 Å². The number of halogens is 2. The number of hydrogen-bond acceptors (Lipinski definition) is 3. The van der Waals surface area contributed by atoms with Crippen LogP contribution in [0.25, 0.3) is 0 Å². The summed E-state index contributed by atoms with van der Waals surface area (Å²) in [6.45, 7) is 1.58. The third kappa shape index (κ3) is 2.90. The summed E-state index contributed by atoms with van der Waals surface area (Å²) in [4.78, 5) is 0. The number of rotatable bonds is 3. The average molecular weight is 350 g/mol. The zero-order chi connectivity index (χ0) is 13.3. The highest BCUT2D eigenvalue weighted by Crippen LogP contribution is 2.27. The molecule has 0 bridgehead atoms. The molecule has 0 saturated carbocycles. The number of sulfonamides is 1. The van der Waals surface area contributed by atoms with E-state index < -0.39 is 10.0 Å². The van der Waals surface area contributed by atoms with Crippen LogP contribution in [0.2, 0.25) is 0 Å². The fourth-order valence-corrected chi connectivity index (χ4v) is 4.42. The summed E-state index contributed by atoms with van der Waals surface area (Å²) in [5, 5.41) is 0. The second-order valence-electron chi connectivity index (χ2n) is 3.63. The zero-order valence-corrected chi connectivity index (χ0v) is 12.5. The van der Waals surface area contributed by atoms with Crippen molar-refractivity contribution in [3.63, 3.8) is 0 Å². The van der Waals surface area contributed by atoms with Crippen molar-refractivity contribution in [3.05, 3.63) is 45.5 Å². The minimum absolute atomic E-state index is 0.205. The van der Waals surface area contributed by atoms with Crippen LogP contribution in [-0.4, -0.2) is 8.42 Å². The van der Waals surface area contributed by atoms with Crippen molar-refractivity contribution in [1.82, 2.24) is 0 Å². The Morgan fingerprint density at radius 2 is 2.00 bits per heavy atom. The topological polar surface area (TPSA) is 46.2 Å². The van der Waals surface area contributed by atoms with Gasteiger partial charge in [0.1, 0.15) is 10.0 Å². The van der Waals surface area contributed by atoms with Gasteiger partial charge >= 0.3 is 0 Å². The molecule has 2 aromatic rings. The van der Waals surface area contributed by atoms with E-state index in [1.54, 1.807) is 13.0 Å². The highest BCUT2D eigenvalue weighted by Gasteiger charge is 2.16. The Morgan fingerprint density at radius 3 is 2.56 bits per heavy atom. The number of aryl methyl sites for hydroxylation is 1. The van der Waals surface area contributed by atoms with E-state index in [-0.39, 0.29) is 10.0 Å². The van der Waals surface area contributed by atoms with Gasteiger partial charge in [0, 0.05) is 5.69 Å². The molecule has 1 aromatic carbocycles. The summed E-state index contributed by atoms with van der Waals surface area (Å²) in [5.41, 5.74) is 0.737. The molecule has 3 nitrogen and oxygen atoms in total. The van der Waals surface area contributed by atoms with E-state index >= 15 is 0 Å². The lowest BCUT2D eigenvalue weighted by Gasteiger charge is -2.07. The molecule has 0 amide bonds. The molecule has 7 heteroatoms. The molecule has 0 aliphatic carbocycles. The van der Waals surface area contributed by atoms with E-state index in [4.69, 9.17) is 0 Å². The Balaban J connectivity index is 2.30. The first-order valence-corrected chi connectivity index (χ1v) is 8.02. The third-order valence-corrected chi connectivity index (χ3v) is 5.72. The molecule has 0 unspecified atom stereocenters. The molecule has 0 saturated heterocycles. The number of benzene rings is 1. The number of hydrogen-bond donors (Lipinski definition) is 1. The quantitative estimate of drug-likeness (QED) is 0.916. The fraction of sp³-hybridized carbons (Fsp3) is 0.0909. The minimum atomic E-state index is -3.61. The maximum Gasteiger partial charge on any atom is 0.271 e. The van der Waals surface area contributed by atoms with Crippen LogP contribution >= 0.6 is 27.3 Å². The standard InChI is InChI=1S/C11H9BrFNO2S2/c1-7-6-8(2-3-9(7)13)14-18(15,16)11-5-4-10(12)17-11/h2-6,14H,1H3. The summed E-state index contributed by atoms with van der Waals surface area (Å²) in [6.07, 6.45) is 0. The van der Waals surface area contributed by atoms with Gasteiger partial charge in [-0.05, 0) is 58.7 Å². The maximum atomic E-state index is 13.1. The van der Waals surface area contributed by atoms with Crippen LogP contribution in [0.4, 0.5) is 10.1 Å². The summed E-state index contributed by atoms with van der Waals surface area (Å²) in [7, 11) is -3.61. The molecule has 2 rings (SSSR count). The molecular formula is C11H9BrFNO2S2. The van der Waals surface area contributed by atoms with E-state index in [0.717, 1.165) is 15.1 Å². The number of thiophene rings is 1. The first kappa shape index (κ1) is 13.5. The van der Waals surface area contributed by atoms with Gasteiger partial charge in [-0.15, -0.1) is 11.3 Å². The largest absolute Gasteiger partial charge is 0.279 e. The monoisotopic (exact) mass is 349 g/mol. The van der Waals surface area contributed by atoms with E-state index in [2.05, 4.69) is 20.7 Å². The van der Waals surface area contributed by atoms with E-state index in [9.17, 15) is 12.8 Å². The second-order valence-corrected chi connectivity index (χ2v) is 8.00. The Morgan fingerprint density at radius 1 is 1.28 bits per heavy atom. The smallest absolute Gasteiger partial charge is 0.271 e. The number of anilines is 1. The number of nitrogens with one attached hydrogen (secondary N) is 1. The van der Waals surface area contributed by atoms with Crippen LogP contribution in [0, 0.1) is 12.7 Å². The molecular weight excluding hydrogens is 341 g/mol. The van der Waals surface area contributed by atoms with Crippen molar-refractivity contribution in [1.29, 1.82) is 0 Å². The van der Waals surface area contributed by atoms with Crippen molar-refractivity contribution >= 4 is 43.0 Å². The first-order chi connectivity index (χ1) is 8.38. The molecule has 1 heterocycles. The normalized spacial score (nSPS) is 11.5. The van der Waals surface area contributed by atoms with Crippen LogP contribution in [0.5, 0.6) is 0 Å². The lowest BCUT2D eigenvalue weighted by Crippen LogP contribution is -2.11. The highest BCUT2D eigenvalue weighted by molar-refractivity contribution is 9.11. The van der Waals surface area contributed by atoms with Crippen molar-refractivity contribution < 1.29 is 12.8 Å². The molecule has 0 fully saturated rings. The molecule has 1 N–H and O–H groups in total. The van der Waals surface area contributed by atoms with E-state index in [1.807, 2.05) is 0 Å². The Bertz CT molecular complexity index is 682. The van der Waals surface area contributed by atoms with Crippen LogP contribution in [0.1, 0.15) is 5.56 Å². The van der Waals surface area contributed by atoms with Gasteiger partial charge in [0.05, 0.1) is 3.79 Å². The van der Waals surface area contributed by atoms with E-state index in [1.165, 1.54) is 24.3 Å². The highest BCUT2D eigenvalue weighted by atomic mass is 79.9. The van der Waals surface area contributed by atoms with Crippen molar-refractivity contribution in [3.8, 4) is 0 Å². The summed E-state index contributed by atoms with van der Waals surface area (Å²) >= 11 is 4.32. The van der Waals surface area contributed by atoms with Crippen molar-refractivity contribution in [2.45, 2.75) is 11.1 Å². The van der Waals surface area contributed by atoms with Gasteiger partial charge in [-0.2, -0.15) is 0 Å². The SMILES string of the molecule is Cc1cc(NS(=O)(=O)c2ccc(Br)s2)ccc1F. The molecule has 0 radical (unpaired) electrons. The third-order valence-electron chi connectivity index (χ3n) is 2.22. The predicted molar refractivity (Wildman–Crippen MR) is 74.0 cm³/mol. The van der Waals surface area contributed by atoms with Gasteiger partial charge in [-0.1, -0.05) is 0 Å². The molecule has 0 atom stereocenters. The molecule has 0 aliphatic heterocycles. The van der Waals surface area contributed by atoms with Gasteiger partial charge in [0.15, 0.2) is 0 Å². The summed E-state index contributed by atoms with van der Waals surface area (Å²) in [5.74, 6) is -0.364. The molecule has 18 heavy (non-hydrogen) atoms. The second kappa shape index (κ2) is 4.99. The Hall–Kier alpha value is -0.920.